The topological polar surface area (TPSA) is 84.8 Å². The molecule has 0 saturated carbocycles. The summed E-state index contributed by atoms with van der Waals surface area (Å²) in [5, 5.41) is 0.769. The predicted octanol–water partition coefficient (Wildman–Crippen LogP) is 3.76. The number of methoxy groups -OCH3 is 1. The number of carbonyl (C=O) groups excluding carboxylic acids is 1. The highest BCUT2D eigenvalue weighted by Gasteiger charge is 2.35. The summed E-state index contributed by atoms with van der Waals surface area (Å²) in [6.07, 6.45) is -4.35. The van der Waals surface area contributed by atoms with Gasteiger partial charge in [-0.15, -0.1) is 0 Å². The maximum Gasteiger partial charge on any atom is 0.417 e. The smallest absolute Gasteiger partial charge is 0.417 e. The van der Waals surface area contributed by atoms with Gasteiger partial charge in [0.2, 0.25) is 0 Å². The zero-order chi connectivity index (χ0) is 22.1. The molecule has 30 heavy (non-hydrogen) atoms. The lowest BCUT2D eigenvalue weighted by Gasteiger charge is -2.34. The van der Waals surface area contributed by atoms with Crippen molar-refractivity contribution in [3.05, 3.63) is 70.0 Å². The molecule has 2 aromatic rings. The number of benzene rings is 2. The van der Waals surface area contributed by atoms with Crippen molar-refractivity contribution >= 4 is 23.2 Å². The Hall–Kier alpha value is -2.91. The zero-order valence-corrected chi connectivity index (χ0v) is 16.8. The molecule has 160 valence electrons. The fraction of sp³-hybridized carbons (Fsp3) is 0.250. The molecular weight excluding hydrogens is 421 g/mol. The molecule has 6 nitrogen and oxygen atoms in total. The highest BCUT2D eigenvalue weighted by Crippen LogP contribution is 2.37. The number of rotatable bonds is 4. The fourth-order valence-corrected chi connectivity index (χ4v) is 3.60. The Morgan fingerprint density at radius 3 is 2.53 bits per heavy atom. The van der Waals surface area contributed by atoms with Crippen LogP contribution in [0, 0.1) is 0 Å². The van der Waals surface area contributed by atoms with Gasteiger partial charge in [-0.3, -0.25) is 9.80 Å². The molecule has 0 aliphatic carbocycles. The molecule has 2 aromatic carbocycles. The number of nitrogens with two attached hydrogens (primary N) is 2. The number of ether oxygens (including phenoxy) is 1. The SMILES string of the molecule is COc1ccccc1N(N)C1=C(N)CN(C(=O)c2cccc(C(F)(F)F)c2Cl)CC1. The molecule has 0 bridgehead atoms. The Bertz CT molecular complexity index is 994. The summed E-state index contributed by atoms with van der Waals surface area (Å²) in [4.78, 5) is 14.2. The summed E-state index contributed by atoms with van der Waals surface area (Å²) in [6, 6.07) is 10.4. The van der Waals surface area contributed by atoms with Crippen molar-refractivity contribution in [2.75, 3.05) is 25.2 Å². The minimum Gasteiger partial charge on any atom is -0.495 e. The van der Waals surface area contributed by atoms with Crippen LogP contribution in [-0.4, -0.2) is 31.0 Å². The Balaban J connectivity index is 1.85. The molecule has 1 heterocycles. The van der Waals surface area contributed by atoms with Crippen molar-refractivity contribution in [1.29, 1.82) is 0 Å². The predicted molar refractivity (Wildman–Crippen MR) is 108 cm³/mol. The third-order valence-electron chi connectivity index (χ3n) is 4.81. The van der Waals surface area contributed by atoms with Gasteiger partial charge in [-0.1, -0.05) is 29.8 Å². The Morgan fingerprint density at radius 2 is 1.90 bits per heavy atom. The van der Waals surface area contributed by atoms with Crippen molar-refractivity contribution in [3.8, 4) is 5.75 Å². The second-order valence-electron chi connectivity index (χ2n) is 6.66. The van der Waals surface area contributed by atoms with Gasteiger partial charge in [0.25, 0.3) is 5.91 Å². The number of para-hydroxylation sites is 2. The van der Waals surface area contributed by atoms with E-state index in [1.807, 2.05) is 0 Å². The number of hydrogen-bond donors (Lipinski definition) is 2. The van der Waals surface area contributed by atoms with E-state index in [-0.39, 0.29) is 18.7 Å². The van der Waals surface area contributed by atoms with Crippen molar-refractivity contribution < 1.29 is 22.7 Å². The van der Waals surface area contributed by atoms with E-state index in [0.717, 1.165) is 12.1 Å². The maximum absolute atomic E-state index is 13.1. The van der Waals surface area contributed by atoms with E-state index in [0.29, 0.717) is 29.3 Å². The molecule has 1 aliphatic heterocycles. The average molecular weight is 441 g/mol. The molecule has 0 spiro atoms. The average Bonchev–Trinajstić information content (AvgIpc) is 2.72. The minimum atomic E-state index is -4.66. The molecule has 0 aromatic heterocycles. The second-order valence-corrected chi connectivity index (χ2v) is 7.03. The fourth-order valence-electron chi connectivity index (χ4n) is 3.29. The molecule has 0 saturated heterocycles. The van der Waals surface area contributed by atoms with E-state index in [1.54, 1.807) is 24.3 Å². The monoisotopic (exact) mass is 440 g/mol. The molecule has 1 amide bonds. The first-order chi connectivity index (χ1) is 14.1. The van der Waals surface area contributed by atoms with Gasteiger partial charge in [-0.2, -0.15) is 13.2 Å². The van der Waals surface area contributed by atoms with Crippen molar-refractivity contribution in [3.63, 3.8) is 0 Å². The van der Waals surface area contributed by atoms with Gasteiger partial charge in [0.05, 0.1) is 41.2 Å². The highest BCUT2D eigenvalue weighted by molar-refractivity contribution is 6.34. The highest BCUT2D eigenvalue weighted by atomic mass is 35.5. The van der Waals surface area contributed by atoms with Gasteiger partial charge in [0.15, 0.2) is 0 Å². The molecule has 0 unspecified atom stereocenters. The summed E-state index contributed by atoms with van der Waals surface area (Å²) in [5.41, 5.74) is 6.40. The quantitative estimate of drug-likeness (QED) is 0.558. The summed E-state index contributed by atoms with van der Waals surface area (Å²) >= 11 is 5.88. The first kappa shape index (κ1) is 21.8. The third kappa shape index (κ3) is 4.17. The van der Waals surface area contributed by atoms with Crippen LogP contribution >= 0.6 is 11.6 Å². The van der Waals surface area contributed by atoms with Crippen molar-refractivity contribution in [2.45, 2.75) is 12.6 Å². The normalized spacial score (nSPS) is 14.7. The molecule has 4 N–H and O–H groups in total. The first-order valence-electron chi connectivity index (χ1n) is 8.95. The van der Waals surface area contributed by atoms with Crippen molar-refractivity contribution in [1.82, 2.24) is 4.90 Å². The van der Waals surface area contributed by atoms with Gasteiger partial charge in [-0.25, -0.2) is 5.84 Å². The lowest BCUT2D eigenvalue weighted by molar-refractivity contribution is -0.137. The first-order valence-corrected chi connectivity index (χ1v) is 9.33. The molecule has 0 radical (unpaired) electrons. The summed E-state index contributed by atoms with van der Waals surface area (Å²) in [5.74, 6) is 6.15. The van der Waals surface area contributed by atoms with Crippen LogP contribution in [0.2, 0.25) is 5.02 Å². The summed E-state index contributed by atoms with van der Waals surface area (Å²) in [6.45, 7) is 0.216. The van der Waals surface area contributed by atoms with E-state index in [4.69, 9.17) is 27.9 Å². The Kier molecular flexibility index (Phi) is 6.14. The lowest BCUT2D eigenvalue weighted by atomic mass is 10.1. The Labute approximate surface area is 176 Å². The maximum atomic E-state index is 13.1. The number of hydrogen-bond acceptors (Lipinski definition) is 5. The molecule has 10 heteroatoms. The van der Waals surface area contributed by atoms with E-state index < -0.39 is 22.7 Å². The number of anilines is 1. The number of amides is 1. The zero-order valence-electron chi connectivity index (χ0n) is 16.0. The van der Waals surface area contributed by atoms with Gasteiger partial charge < -0.3 is 15.4 Å². The number of halogens is 4. The third-order valence-corrected chi connectivity index (χ3v) is 5.21. The van der Waals surface area contributed by atoms with Crippen LogP contribution in [0.15, 0.2) is 53.9 Å². The van der Waals surface area contributed by atoms with Gasteiger partial charge in [-0.05, 0) is 24.3 Å². The van der Waals surface area contributed by atoms with E-state index in [1.165, 1.54) is 23.1 Å². The van der Waals surface area contributed by atoms with Gasteiger partial charge >= 0.3 is 6.18 Å². The van der Waals surface area contributed by atoms with Crippen LogP contribution in [0.5, 0.6) is 5.75 Å². The number of hydrazine groups is 1. The van der Waals surface area contributed by atoms with Crippen LogP contribution in [0.1, 0.15) is 22.3 Å². The summed E-state index contributed by atoms with van der Waals surface area (Å²) < 4.78 is 44.6. The molecule has 3 rings (SSSR count). The minimum absolute atomic E-state index is 0.00356. The van der Waals surface area contributed by atoms with Crippen LogP contribution in [0.4, 0.5) is 18.9 Å². The summed E-state index contributed by atoms with van der Waals surface area (Å²) in [7, 11) is 1.52. The van der Waals surface area contributed by atoms with Crippen molar-refractivity contribution in [2.24, 2.45) is 11.6 Å². The Morgan fingerprint density at radius 1 is 1.20 bits per heavy atom. The lowest BCUT2D eigenvalue weighted by Crippen LogP contribution is -2.44. The van der Waals surface area contributed by atoms with Crippen LogP contribution in [-0.2, 0) is 6.18 Å². The van der Waals surface area contributed by atoms with E-state index in [9.17, 15) is 18.0 Å². The molecule has 0 atom stereocenters. The largest absolute Gasteiger partial charge is 0.495 e. The number of nitrogens with zero attached hydrogens (tertiary/aromatic N) is 2. The van der Waals surface area contributed by atoms with Crippen LogP contribution in [0.3, 0.4) is 0 Å². The molecule has 1 aliphatic rings. The van der Waals surface area contributed by atoms with Crippen LogP contribution < -0.4 is 21.3 Å². The van der Waals surface area contributed by atoms with E-state index >= 15 is 0 Å². The number of carbonyl (C=O) groups is 1. The van der Waals surface area contributed by atoms with Gasteiger partial charge in [0, 0.05) is 18.7 Å². The van der Waals surface area contributed by atoms with Crippen LogP contribution in [0.25, 0.3) is 0 Å². The van der Waals surface area contributed by atoms with Gasteiger partial charge in [0.1, 0.15) is 5.75 Å². The molecular formula is C20H20ClF3N4O2. The molecule has 0 fully saturated rings. The second kappa shape index (κ2) is 8.45. The standard InChI is InChI=1S/C20H20ClF3N4O2/c1-30-17-8-3-2-7-16(17)28(26)15-9-10-27(11-14(15)25)19(29)12-5-4-6-13(18(12)21)20(22,23)24/h2-8H,9-11,25-26H2,1H3. The van der Waals surface area contributed by atoms with E-state index in [2.05, 4.69) is 0 Å². The number of alkyl halides is 3.